The van der Waals surface area contributed by atoms with Crippen molar-refractivity contribution in [3.05, 3.63) is 0 Å². The molecule has 0 bridgehead atoms. The zero-order valence-corrected chi connectivity index (χ0v) is 11.5. The van der Waals surface area contributed by atoms with E-state index < -0.39 is 11.2 Å². The Morgan fingerprint density at radius 3 is 2.11 bits per heavy atom. The van der Waals surface area contributed by atoms with Crippen LogP contribution in [0.4, 0.5) is 0 Å². The Kier molecular flexibility index (Phi) is 4.39. The first-order valence-corrected chi connectivity index (χ1v) is 6.18. The average molecular weight is 252 g/mol. The van der Waals surface area contributed by atoms with Gasteiger partial charge in [-0.2, -0.15) is 0 Å². The van der Waals surface area contributed by atoms with Crippen LogP contribution in [0.3, 0.4) is 0 Å². The highest BCUT2D eigenvalue weighted by Gasteiger charge is 2.35. The zero-order valence-electron chi connectivity index (χ0n) is 11.5. The summed E-state index contributed by atoms with van der Waals surface area (Å²) in [5.41, 5.74) is -1.55. The van der Waals surface area contributed by atoms with Gasteiger partial charge in [0.1, 0.15) is 0 Å². The van der Waals surface area contributed by atoms with E-state index in [0.717, 1.165) is 25.7 Å². The highest BCUT2D eigenvalue weighted by atomic mass is 16.6. The highest BCUT2D eigenvalue weighted by molar-refractivity contribution is 5.67. The van der Waals surface area contributed by atoms with Crippen LogP contribution in [0.2, 0.25) is 0 Å². The second-order valence-electron chi connectivity index (χ2n) is 5.15. The molecule has 4 nitrogen and oxygen atoms in total. The first kappa shape index (κ1) is 14.6. The lowest BCUT2D eigenvalue weighted by molar-refractivity contribution is -0.152. The van der Waals surface area contributed by atoms with Gasteiger partial charge in [0, 0.05) is 13.8 Å². The molecule has 1 rings (SSSR count). The molecule has 0 radical (unpaired) electrons. The van der Waals surface area contributed by atoms with Crippen LogP contribution in [-0.4, -0.2) is 23.1 Å². The van der Waals surface area contributed by atoms with Crippen molar-refractivity contribution >= 4 is 11.9 Å². The molecule has 0 aliphatic heterocycles. The van der Waals surface area contributed by atoms with E-state index >= 15 is 0 Å². The lowest BCUT2D eigenvalue weighted by atomic mass is 10.0. The van der Waals surface area contributed by atoms with Gasteiger partial charge in [-0.3, -0.25) is 9.59 Å². The molecule has 0 aromatic heterocycles. The Labute approximate surface area is 108 Å². The van der Waals surface area contributed by atoms with Crippen molar-refractivity contribution in [2.24, 2.45) is 0 Å². The van der Waals surface area contributed by atoms with Gasteiger partial charge in [-0.15, -0.1) is 0 Å². The monoisotopic (exact) mass is 252 g/mol. The van der Waals surface area contributed by atoms with Crippen LogP contribution in [-0.2, 0) is 19.1 Å². The van der Waals surface area contributed by atoms with Crippen LogP contribution in [0, 0.1) is 11.8 Å². The first-order chi connectivity index (χ1) is 8.25. The molecule has 0 heterocycles. The molecule has 100 valence electrons. The highest BCUT2D eigenvalue weighted by Crippen LogP contribution is 2.33. The van der Waals surface area contributed by atoms with E-state index in [-0.39, 0.29) is 11.9 Å². The fourth-order valence-electron chi connectivity index (χ4n) is 2.12. The summed E-state index contributed by atoms with van der Waals surface area (Å²) < 4.78 is 10.4. The van der Waals surface area contributed by atoms with Crippen molar-refractivity contribution in [2.45, 2.75) is 64.6 Å². The Bertz CT molecular complexity index is 392. The third-order valence-electron chi connectivity index (χ3n) is 2.74. The van der Waals surface area contributed by atoms with Crippen molar-refractivity contribution in [2.75, 3.05) is 0 Å². The number of ether oxygens (including phenoxy) is 2. The van der Waals surface area contributed by atoms with E-state index in [4.69, 9.17) is 9.47 Å². The van der Waals surface area contributed by atoms with E-state index in [1.807, 2.05) is 0 Å². The SMILES string of the molecule is CC(=O)OC(C)(C)C#CC1(OC(C)=O)CCCC1. The van der Waals surface area contributed by atoms with Gasteiger partial charge in [0.15, 0.2) is 11.2 Å². The standard InChI is InChI=1S/C14H20O4/c1-11(15)17-13(3,4)9-10-14(18-12(2)16)7-5-6-8-14/h5-8H2,1-4H3. The summed E-state index contributed by atoms with van der Waals surface area (Å²) in [6.45, 7) is 6.18. The first-order valence-electron chi connectivity index (χ1n) is 6.18. The molecular formula is C14H20O4. The number of esters is 2. The summed E-state index contributed by atoms with van der Waals surface area (Å²) in [7, 11) is 0. The largest absolute Gasteiger partial charge is 0.447 e. The summed E-state index contributed by atoms with van der Waals surface area (Å²) in [5.74, 6) is 5.21. The molecule has 0 unspecified atom stereocenters. The second kappa shape index (κ2) is 5.43. The van der Waals surface area contributed by atoms with Gasteiger partial charge in [0.25, 0.3) is 0 Å². The molecule has 0 amide bonds. The molecule has 1 fully saturated rings. The molecule has 0 atom stereocenters. The molecular weight excluding hydrogens is 232 g/mol. The van der Waals surface area contributed by atoms with Gasteiger partial charge in [-0.25, -0.2) is 0 Å². The number of carbonyl (C=O) groups excluding carboxylic acids is 2. The predicted octanol–water partition coefficient (Wildman–Crippen LogP) is 2.21. The van der Waals surface area contributed by atoms with Gasteiger partial charge in [-0.1, -0.05) is 11.8 Å². The van der Waals surface area contributed by atoms with Gasteiger partial charge >= 0.3 is 11.9 Å². The Balaban J connectivity index is 2.84. The van der Waals surface area contributed by atoms with Crippen LogP contribution in [0.25, 0.3) is 0 Å². The second-order valence-corrected chi connectivity index (χ2v) is 5.15. The lowest BCUT2D eigenvalue weighted by Gasteiger charge is -2.24. The summed E-state index contributed by atoms with van der Waals surface area (Å²) >= 11 is 0. The molecule has 1 saturated carbocycles. The summed E-state index contributed by atoms with van der Waals surface area (Å²) in [6, 6.07) is 0. The number of carbonyl (C=O) groups is 2. The molecule has 0 aromatic carbocycles. The molecule has 0 aromatic rings. The Hall–Kier alpha value is -1.50. The van der Waals surface area contributed by atoms with Crippen LogP contribution in [0.1, 0.15) is 53.4 Å². The predicted molar refractivity (Wildman–Crippen MR) is 66.6 cm³/mol. The number of hydrogen-bond acceptors (Lipinski definition) is 4. The maximum atomic E-state index is 11.1. The van der Waals surface area contributed by atoms with Gasteiger partial charge in [0.2, 0.25) is 0 Å². The number of hydrogen-bond donors (Lipinski definition) is 0. The van der Waals surface area contributed by atoms with Gasteiger partial charge in [-0.05, 0) is 39.5 Å². The summed E-state index contributed by atoms with van der Waals surface area (Å²) in [4.78, 5) is 22.1. The smallest absolute Gasteiger partial charge is 0.304 e. The van der Waals surface area contributed by atoms with Crippen molar-refractivity contribution in [1.29, 1.82) is 0 Å². The molecule has 4 heteroatoms. The van der Waals surface area contributed by atoms with Crippen molar-refractivity contribution < 1.29 is 19.1 Å². The maximum absolute atomic E-state index is 11.1. The van der Waals surface area contributed by atoms with E-state index in [0.29, 0.717) is 0 Å². The fraction of sp³-hybridized carbons (Fsp3) is 0.714. The zero-order chi connectivity index (χ0) is 13.8. The molecule has 1 aliphatic rings. The van der Waals surface area contributed by atoms with E-state index in [1.165, 1.54) is 13.8 Å². The normalized spacial score (nSPS) is 17.6. The lowest BCUT2D eigenvalue weighted by Crippen LogP contribution is -2.31. The molecule has 0 saturated heterocycles. The molecule has 1 aliphatic carbocycles. The summed E-state index contributed by atoms with van der Waals surface area (Å²) in [6.07, 6.45) is 3.48. The van der Waals surface area contributed by atoms with Gasteiger partial charge < -0.3 is 9.47 Å². The van der Waals surface area contributed by atoms with Crippen LogP contribution >= 0.6 is 0 Å². The summed E-state index contributed by atoms with van der Waals surface area (Å²) in [5, 5.41) is 0. The Morgan fingerprint density at radius 1 is 1.11 bits per heavy atom. The van der Waals surface area contributed by atoms with Crippen LogP contribution < -0.4 is 0 Å². The van der Waals surface area contributed by atoms with Crippen molar-refractivity contribution in [3.63, 3.8) is 0 Å². The third kappa shape index (κ3) is 4.40. The topological polar surface area (TPSA) is 52.6 Å². The maximum Gasteiger partial charge on any atom is 0.304 e. The van der Waals surface area contributed by atoms with E-state index in [1.54, 1.807) is 13.8 Å². The minimum Gasteiger partial charge on any atom is -0.447 e. The minimum atomic E-state index is -0.860. The van der Waals surface area contributed by atoms with E-state index in [9.17, 15) is 9.59 Å². The van der Waals surface area contributed by atoms with E-state index in [2.05, 4.69) is 11.8 Å². The van der Waals surface area contributed by atoms with Crippen LogP contribution in [0.15, 0.2) is 0 Å². The van der Waals surface area contributed by atoms with Crippen LogP contribution in [0.5, 0.6) is 0 Å². The van der Waals surface area contributed by atoms with Crippen molar-refractivity contribution in [3.8, 4) is 11.8 Å². The molecule has 0 spiro atoms. The molecule has 18 heavy (non-hydrogen) atoms. The minimum absolute atomic E-state index is 0.323. The number of rotatable bonds is 2. The average Bonchev–Trinajstić information content (AvgIpc) is 2.61. The molecule has 0 N–H and O–H groups in total. The quantitative estimate of drug-likeness (QED) is 0.558. The fourth-order valence-corrected chi connectivity index (χ4v) is 2.12. The van der Waals surface area contributed by atoms with Gasteiger partial charge in [0.05, 0.1) is 0 Å². The van der Waals surface area contributed by atoms with Crippen molar-refractivity contribution in [1.82, 2.24) is 0 Å². The third-order valence-corrected chi connectivity index (χ3v) is 2.74. The Morgan fingerprint density at radius 2 is 1.67 bits per heavy atom.